The van der Waals surface area contributed by atoms with Gasteiger partial charge in [-0.25, -0.2) is 9.97 Å². The smallest absolute Gasteiger partial charge is 0.252 e. The number of aryl methyl sites for hydroxylation is 1. The summed E-state index contributed by atoms with van der Waals surface area (Å²) in [4.78, 5) is 26.1. The van der Waals surface area contributed by atoms with Crippen molar-refractivity contribution in [3.05, 3.63) is 64.3 Å². The normalized spacial score (nSPS) is 14.4. The van der Waals surface area contributed by atoms with Gasteiger partial charge in [0.25, 0.3) is 5.56 Å². The largest absolute Gasteiger partial charge is 0.324 e. The molecular weight excluding hydrogens is 410 g/mol. The maximum atomic E-state index is 12.8. The number of H-pyrrole nitrogens is 1. The SMILES string of the molecule is Cc1cc(=O)n(C2CCCC2)c2nc(Nc3ccc(CSc4ncn[nH]4)cc3)ncc12. The molecule has 1 saturated carbocycles. The highest BCUT2D eigenvalue weighted by Gasteiger charge is 2.21. The molecule has 2 N–H and O–H groups in total. The summed E-state index contributed by atoms with van der Waals surface area (Å²) in [6.07, 6.45) is 7.68. The fourth-order valence-corrected chi connectivity index (χ4v) is 4.81. The number of rotatable bonds is 6. The fraction of sp³-hybridized carbons (Fsp3) is 0.318. The van der Waals surface area contributed by atoms with E-state index in [2.05, 4.69) is 37.6 Å². The summed E-state index contributed by atoms with van der Waals surface area (Å²) in [6.45, 7) is 1.94. The minimum Gasteiger partial charge on any atom is -0.324 e. The topological polar surface area (TPSA) is 101 Å². The molecule has 0 atom stereocenters. The van der Waals surface area contributed by atoms with E-state index in [1.807, 2.05) is 29.8 Å². The van der Waals surface area contributed by atoms with Crippen molar-refractivity contribution >= 4 is 34.4 Å². The standard InChI is InChI=1S/C22H23N7OS/c1-14-10-19(30)29(17-4-2-3-5-17)20-18(14)11-23-21(27-20)26-16-8-6-15(7-9-16)12-31-22-24-13-25-28-22/h6-11,13,17H,2-5,12H2,1H3,(H,23,26,27)(H,24,25,28). The van der Waals surface area contributed by atoms with Crippen LogP contribution in [-0.4, -0.2) is 29.7 Å². The summed E-state index contributed by atoms with van der Waals surface area (Å²) in [5.41, 5.74) is 3.73. The van der Waals surface area contributed by atoms with Crippen molar-refractivity contribution in [2.45, 2.75) is 49.6 Å². The Morgan fingerprint density at radius 2 is 2.00 bits per heavy atom. The number of nitrogens with one attached hydrogen (secondary N) is 2. The molecule has 4 aromatic rings. The number of aromatic nitrogens is 6. The molecule has 0 radical (unpaired) electrons. The lowest BCUT2D eigenvalue weighted by Crippen LogP contribution is -2.24. The van der Waals surface area contributed by atoms with Crippen molar-refractivity contribution in [3.63, 3.8) is 0 Å². The van der Waals surface area contributed by atoms with Crippen LogP contribution in [0.5, 0.6) is 0 Å². The van der Waals surface area contributed by atoms with Gasteiger partial charge in [-0.15, -0.1) is 0 Å². The Labute approximate surface area is 183 Å². The van der Waals surface area contributed by atoms with Gasteiger partial charge in [0.1, 0.15) is 12.0 Å². The van der Waals surface area contributed by atoms with Crippen LogP contribution < -0.4 is 10.9 Å². The number of hydrogen-bond donors (Lipinski definition) is 2. The third-order valence-electron chi connectivity index (χ3n) is 5.67. The van der Waals surface area contributed by atoms with Gasteiger partial charge in [0.2, 0.25) is 5.95 Å². The minimum absolute atomic E-state index is 0.0233. The van der Waals surface area contributed by atoms with E-state index in [0.717, 1.165) is 58.9 Å². The van der Waals surface area contributed by atoms with E-state index in [9.17, 15) is 4.79 Å². The molecule has 0 amide bonds. The Hall–Kier alpha value is -3.20. The maximum Gasteiger partial charge on any atom is 0.252 e. The average molecular weight is 434 g/mol. The number of pyridine rings is 1. The summed E-state index contributed by atoms with van der Waals surface area (Å²) >= 11 is 1.60. The monoisotopic (exact) mass is 433 g/mol. The highest BCUT2D eigenvalue weighted by Crippen LogP contribution is 2.31. The van der Waals surface area contributed by atoms with Crippen LogP contribution in [0.1, 0.15) is 42.9 Å². The van der Waals surface area contributed by atoms with Crippen molar-refractivity contribution in [2.24, 2.45) is 0 Å². The van der Waals surface area contributed by atoms with Crippen LogP contribution in [0, 0.1) is 6.92 Å². The van der Waals surface area contributed by atoms with Gasteiger partial charge in [0.05, 0.1) is 0 Å². The molecule has 1 fully saturated rings. The van der Waals surface area contributed by atoms with E-state index >= 15 is 0 Å². The van der Waals surface area contributed by atoms with Gasteiger partial charge in [-0.3, -0.25) is 14.5 Å². The van der Waals surface area contributed by atoms with Gasteiger partial charge in [0, 0.05) is 35.1 Å². The van der Waals surface area contributed by atoms with Crippen molar-refractivity contribution in [1.29, 1.82) is 0 Å². The average Bonchev–Trinajstić information content (AvgIpc) is 3.48. The van der Waals surface area contributed by atoms with E-state index in [1.165, 1.54) is 11.9 Å². The molecule has 9 heteroatoms. The second kappa shape index (κ2) is 8.50. The Morgan fingerprint density at radius 1 is 1.19 bits per heavy atom. The summed E-state index contributed by atoms with van der Waals surface area (Å²) in [5.74, 6) is 1.29. The zero-order valence-electron chi connectivity index (χ0n) is 17.2. The Balaban J connectivity index is 1.39. The number of anilines is 2. The Kier molecular flexibility index (Phi) is 5.42. The minimum atomic E-state index is 0.0233. The van der Waals surface area contributed by atoms with Gasteiger partial charge in [0.15, 0.2) is 5.16 Å². The molecule has 0 spiro atoms. The van der Waals surface area contributed by atoms with E-state index in [1.54, 1.807) is 17.8 Å². The van der Waals surface area contributed by atoms with Gasteiger partial charge in [-0.2, -0.15) is 10.1 Å². The predicted molar refractivity (Wildman–Crippen MR) is 122 cm³/mol. The second-order valence-corrected chi connectivity index (χ2v) is 8.77. The van der Waals surface area contributed by atoms with Crippen molar-refractivity contribution in [1.82, 2.24) is 29.7 Å². The Bertz CT molecular complexity index is 1250. The molecule has 0 saturated heterocycles. The summed E-state index contributed by atoms with van der Waals surface area (Å²) < 4.78 is 1.87. The molecule has 8 nitrogen and oxygen atoms in total. The molecule has 0 bridgehead atoms. The van der Waals surface area contributed by atoms with Crippen LogP contribution in [-0.2, 0) is 5.75 Å². The molecule has 1 aliphatic carbocycles. The molecule has 3 heterocycles. The third kappa shape index (κ3) is 4.18. The number of aromatic amines is 1. The van der Waals surface area contributed by atoms with Crippen LogP contribution in [0.25, 0.3) is 11.0 Å². The van der Waals surface area contributed by atoms with Crippen LogP contribution in [0.2, 0.25) is 0 Å². The zero-order chi connectivity index (χ0) is 21.2. The fourth-order valence-electron chi connectivity index (χ4n) is 4.08. The van der Waals surface area contributed by atoms with Crippen LogP contribution in [0.4, 0.5) is 11.6 Å². The lowest BCUT2D eigenvalue weighted by Gasteiger charge is -2.17. The number of thioether (sulfide) groups is 1. The third-order valence-corrected chi connectivity index (χ3v) is 6.62. The van der Waals surface area contributed by atoms with E-state index in [4.69, 9.17) is 4.98 Å². The van der Waals surface area contributed by atoms with Crippen molar-refractivity contribution in [3.8, 4) is 0 Å². The molecule has 1 aromatic carbocycles. The molecule has 1 aliphatic rings. The summed E-state index contributed by atoms with van der Waals surface area (Å²) in [5, 5.41) is 11.7. The summed E-state index contributed by atoms with van der Waals surface area (Å²) in [7, 11) is 0. The number of fused-ring (bicyclic) bond motifs is 1. The first-order chi connectivity index (χ1) is 15.2. The zero-order valence-corrected chi connectivity index (χ0v) is 18.0. The van der Waals surface area contributed by atoms with Gasteiger partial charge in [-0.05, 0) is 43.0 Å². The molecular formula is C22H23N7OS. The van der Waals surface area contributed by atoms with Crippen molar-refractivity contribution < 1.29 is 0 Å². The lowest BCUT2D eigenvalue weighted by atomic mass is 10.1. The highest BCUT2D eigenvalue weighted by atomic mass is 32.2. The molecule has 5 rings (SSSR count). The predicted octanol–water partition coefficient (Wildman–Crippen LogP) is 4.37. The van der Waals surface area contributed by atoms with Gasteiger partial charge in [-0.1, -0.05) is 36.7 Å². The molecule has 3 aromatic heterocycles. The van der Waals surface area contributed by atoms with Crippen LogP contribution >= 0.6 is 11.8 Å². The first kappa shape index (κ1) is 19.7. The quantitative estimate of drug-likeness (QED) is 0.435. The number of nitrogens with zero attached hydrogens (tertiary/aromatic N) is 5. The van der Waals surface area contributed by atoms with Crippen LogP contribution in [0.3, 0.4) is 0 Å². The molecule has 158 valence electrons. The Morgan fingerprint density at radius 3 is 2.74 bits per heavy atom. The van der Waals surface area contributed by atoms with E-state index in [-0.39, 0.29) is 11.6 Å². The first-order valence-electron chi connectivity index (χ1n) is 10.4. The van der Waals surface area contributed by atoms with E-state index in [0.29, 0.717) is 5.95 Å². The molecule has 31 heavy (non-hydrogen) atoms. The first-order valence-corrected chi connectivity index (χ1v) is 11.4. The summed E-state index contributed by atoms with van der Waals surface area (Å²) in [6, 6.07) is 10.1. The molecule has 0 aliphatic heterocycles. The van der Waals surface area contributed by atoms with Crippen LogP contribution in [0.15, 0.2) is 52.8 Å². The number of hydrogen-bond acceptors (Lipinski definition) is 7. The van der Waals surface area contributed by atoms with E-state index < -0.39 is 0 Å². The second-order valence-electron chi connectivity index (χ2n) is 7.81. The lowest BCUT2D eigenvalue weighted by molar-refractivity contribution is 0.515. The number of benzene rings is 1. The van der Waals surface area contributed by atoms with Gasteiger partial charge < -0.3 is 5.32 Å². The van der Waals surface area contributed by atoms with Crippen molar-refractivity contribution in [2.75, 3.05) is 5.32 Å². The van der Waals surface area contributed by atoms with Gasteiger partial charge >= 0.3 is 0 Å². The highest BCUT2D eigenvalue weighted by molar-refractivity contribution is 7.98. The maximum absolute atomic E-state index is 12.8. The molecule has 0 unspecified atom stereocenters.